The third-order valence-corrected chi connectivity index (χ3v) is 7.89. The molecule has 1 atom stereocenters. The molecule has 7 heteroatoms. The molecule has 2 aliphatic rings. The maximum absolute atomic E-state index is 13.0. The Kier molecular flexibility index (Phi) is 7.47. The van der Waals surface area contributed by atoms with Gasteiger partial charge in [-0.25, -0.2) is 0 Å². The zero-order valence-electron chi connectivity index (χ0n) is 22.8. The van der Waals surface area contributed by atoms with Crippen molar-refractivity contribution in [2.24, 2.45) is 0 Å². The van der Waals surface area contributed by atoms with Crippen molar-refractivity contribution in [1.82, 2.24) is 20.1 Å². The molecular formula is C33H34N4O3. The molecule has 2 amide bonds. The number of carbonyl (C=O) groups is 2. The molecule has 0 bridgehead atoms. The van der Waals surface area contributed by atoms with E-state index in [1.807, 2.05) is 59.6 Å². The second kappa shape index (κ2) is 11.5. The zero-order chi connectivity index (χ0) is 27.5. The minimum absolute atomic E-state index is 0.0760. The highest BCUT2D eigenvalue weighted by Gasteiger charge is 2.32. The lowest BCUT2D eigenvalue weighted by Crippen LogP contribution is -2.42. The van der Waals surface area contributed by atoms with Gasteiger partial charge < -0.3 is 15.0 Å². The average molecular weight is 535 g/mol. The minimum atomic E-state index is -0.247. The van der Waals surface area contributed by atoms with Crippen LogP contribution in [0.5, 0.6) is 5.75 Å². The maximum atomic E-state index is 13.0. The van der Waals surface area contributed by atoms with E-state index in [0.717, 1.165) is 42.8 Å². The molecule has 1 saturated heterocycles. The normalized spacial score (nSPS) is 17.2. The van der Waals surface area contributed by atoms with E-state index in [4.69, 9.17) is 4.74 Å². The van der Waals surface area contributed by atoms with Crippen molar-refractivity contribution in [3.63, 3.8) is 0 Å². The van der Waals surface area contributed by atoms with Crippen molar-refractivity contribution in [3.8, 4) is 5.75 Å². The number of nitrogens with one attached hydrogen (secondary N) is 1. The van der Waals surface area contributed by atoms with Crippen LogP contribution in [-0.4, -0.2) is 52.8 Å². The lowest BCUT2D eigenvalue weighted by atomic mass is 10.0. The molecule has 40 heavy (non-hydrogen) atoms. The van der Waals surface area contributed by atoms with E-state index in [9.17, 15) is 9.59 Å². The van der Waals surface area contributed by atoms with E-state index < -0.39 is 0 Å². The molecule has 3 heterocycles. The largest absolute Gasteiger partial charge is 0.490 e. The maximum Gasteiger partial charge on any atom is 0.252 e. The summed E-state index contributed by atoms with van der Waals surface area (Å²) in [5.41, 5.74) is 5.07. The molecule has 1 aromatic heterocycles. The summed E-state index contributed by atoms with van der Waals surface area (Å²) >= 11 is 0. The molecule has 204 valence electrons. The Morgan fingerprint density at radius 3 is 2.70 bits per heavy atom. The number of aromatic nitrogens is 1. The van der Waals surface area contributed by atoms with Crippen LogP contribution < -0.4 is 10.1 Å². The first kappa shape index (κ1) is 26.0. The van der Waals surface area contributed by atoms with E-state index >= 15 is 0 Å². The number of benzene rings is 3. The van der Waals surface area contributed by atoms with Crippen LogP contribution in [-0.2, 0) is 17.9 Å². The van der Waals surface area contributed by atoms with Gasteiger partial charge in [0.2, 0.25) is 5.91 Å². The summed E-state index contributed by atoms with van der Waals surface area (Å²) in [6, 6.07) is 26.0. The first-order chi connectivity index (χ1) is 19.5. The highest BCUT2D eigenvalue weighted by atomic mass is 16.5. The van der Waals surface area contributed by atoms with Crippen LogP contribution in [0.25, 0.3) is 10.9 Å². The number of hydrogen-bond donors (Lipinski definition) is 1. The van der Waals surface area contributed by atoms with Gasteiger partial charge in [0.25, 0.3) is 5.91 Å². The van der Waals surface area contributed by atoms with Gasteiger partial charge in [0.1, 0.15) is 11.9 Å². The molecule has 1 fully saturated rings. The summed E-state index contributed by atoms with van der Waals surface area (Å²) in [5.74, 6) is 0.850. The van der Waals surface area contributed by atoms with Crippen molar-refractivity contribution in [3.05, 3.63) is 107 Å². The van der Waals surface area contributed by atoms with Gasteiger partial charge in [0, 0.05) is 56.2 Å². The number of piperidine rings is 1. The third kappa shape index (κ3) is 5.70. The van der Waals surface area contributed by atoms with Gasteiger partial charge in [-0.05, 0) is 54.1 Å². The zero-order valence-corrected chi connectivity index (χ0v) is 22.8. The third-order valence-electron chi connectivity index (χ3n) is 7.89. The van der Waals surface area contributed by atoms with E-state index in [-0.39, 0.29) is 24.0 Å². The Hall–Kier alpha value is -4.23. The summed E-state index contributed by atoms with van der Waals surface area (Å²) in [4.78, 5) is 33.9. The van der Waals surface area contributed by atoms with Crippen molar-refractivity contribution in [1.29, 1.82) is 0 Å². The molecule has 4 aromatic rings. The molecule has 2 aliphatic heterocycles. The number of pyridine rings is 1. The summed E-state index contributed by atoms with van der Waals surface area (Å²) in [6.45, 7) is 2.96. The van der Waals surface area contributed by atoms with Crippen molar-refractivity contribution in [2.45, 2.75) is 44.5 Å². The number of amides is 2. The Morgan fingerprint density at radius 1 is 1.00 bits per heavy atom. The van der Waals surface area contributed by atoms with Crippen LogP contribution in [0.4, 0.5) is 0 Å². The number of fused-ring (bicyclic) bond motifs is 2. The molecule has 0 radical (unpaired) electrons. The highest BCUT2D eigenvalue weighted by molar-refractivity contribution is 5.99. The number of carbonyl (C=O) groups excluding carboxylic acids is 2. The standard InChI is InChI=1S/C33H34N4O3/c1-36(22-24-8-5-13-30-27(24)12-6-16-34-30)21-23-7-4-9-26(19-23)40-25-14-17-37(18-15-25)32(38)20-31-28-10-2-3-11-29(28)33(39)35-31/h2-13,16,19,25,31H,14-15,17-18,20-22H2,1H3,(H,35,39). The Balaban J connectivity index is 1.00. The van der Waals surface area contributed by atoms with Gasteiger partial charge in [-0.3, -0.25) is 19.5 Å². The van der Waals surface area contributed by atoms with Gasteiger partial charge in [0.15, 0.2) is 0 Å². The monoisotopic (exact) mass is 534 g/mol. The number of hydrogen-bond acceptors (Lipinski definition) is 5. The van der Waals surface area contributed by atoms with Gasteiger partial charge in [-0.2, -0.15) is 0 Å². The smallest absolute Gasteiger partial charge is 0.252 e. The molecule has 1 unspecified atom stereocenters. The molecule has 0 saturated carbocycles. The molecule has 7 nitrogen and oxygen atoms in total. The first-order valence-corrected chi connectivity index (χ1v) is 14.0. The fourth-order valence-electron chi connectivity index (χ4n) is 5.88. The summed E-state index contributed by atoms with van der Waals surface area (Å²) in [7, 11) is 2.13. The molecule has 1 N–H and O–H groups in total. The summed E-state index contributed by atoms with van der Waals surface area (Å²) in [5, 5.41) is 4.14. The lowest BCUT2D eigenvalue weighted by Gasteiger charge is -2.33. The van der Waals surface area contributed by atoms with Crippen LogP contribution >= 0.6 is 0 Å². The van der Waals surface area contributed by atoms with Crippen LogP contribution in [0.3, 0.4) is 0 Å². The van der Waals surface area contributed by atoms with E-state index in [2.05, 4.69) is 52.6 Å². The minimum Gasteiger partial charge on any atom is -0.490 e. The fraction of sp³-hybridized carbons (Fsp3) is 0.303. The van der Waals surface area contributed by atoms with Crippen LogP contribution in [0.15, 0.2) is 85.1 Å². The van der Waals surface area contributed by atoms with Crippen molar-refractivity contribution >= 4 is 22.7 Å². The van der Waals surface area contributed by atoms with Crippen LogP contribution in [0.2, 0.25) is 0 Å². The second-order valence-electron chi connectivity index (χ2n) is 10.8. The van der Waals surface area contributed by atoms with Gasteiger partial charge in [-0.1, -0.05) is 48.5 Å². The fourth-order valence-corrected chi connectivity index (χ4v) is 5.88. The topological polar surface area (TPSA) is 74.8 Å². The average Bonchev–Trinajstić information content (AvgIpc) is 3.28. The Morgan fingerprint density at radius 2 is 1.82 bits per heavy atom. The highest BCUT2D eigenvalue weighted by Crippen LogP contribution is 2.29. The van der Waals surface area contributed by atoms with E-state index in [1.54, 1.807) is 0 Å². The summed E-state index contributed by atoms with van der Waals surface area (Å²) < 4.78 is 6.35. The van der Waals surface area contributed by atoms with Crippen molar-refractivity contribution < 1.29 is 14.3 Å². The molecule has 0 spiro atoms. The van der Waals surface area contributed by atoms with Crippen molar-refractivity contribution in [2.75, 3.05) is 20.1 Å². The first-order valence-electron chi connectivity index (χ1n) is 14.0. The van der Waals surface area contributed by atoms with Crippen LogP contribution in [0, 0.1) is 0 Å². The predicted molar refractivity (Wildman–Crippen MR) is 155 cm³/mol. The second-order valence-corrected chi connectivity index (χ2v) is 10.8. The number of nitrogens with zero attached hydrogens (tertiary/aromatic N) is 3. The number of ether oxygens (including phenoxy) is 1. The number of rotatable bonds is 8. The van der Waals surface area contributed by atoms with Gasteiger partial charge in [0.05, 0.1) is 18.0 Å². The molecular weight excluding hydrogens is 500 g/mol. The van der Waals surface area contributed by atoms with Gasteiger partial charge in [-0.15, -0.1) is 0 Å². The predicted octanol–water partition coefficient (Wildman–Crippen LogP) is 5.11. The quantitative estimate of drug-likeness (QED) is 0.340. The Labute approximate surface area is 234 Å². The molecule has 0 aliphatic carbocycles. The SMILES string of the molecule is CN(Cc1cccc(OC2CCN(C(=O)CC3NC(=O)c4ccccc43)CC2)c1)Cc1cccc2ncccc12. The van der Waals surface area contributed by atoms with Crippen LogP contribution in [0.1, 0.15) is 52.4 Å². The molecule has 6 rings (SSSR count). The Bertz CT molecular complexity index is 1520. The summed E-state index contributed by atoms with van der Waals surface area (Å²) in [6.07, 6.45) is 3.78. The molecule has 3 aromatic carbocycles. The lowest BCUT2D eigenvalue weighted by molar-refractivity contribution is -0.133. The van der Waals surface area contributed by atoms with E-state index in [1.165, 1.54) is 16.5 Å². The van der Waals surface area contributed by atoms with E-state index in [0.29, 0.717) is 25.1 Å². The number of likely N-dealkylation sites (tertiary alicyclic amines) is 1. The van der Waals surface area contributed by atoms with Gasteiger partial charge >= 0.3 is 0 Å².